The zero-order chi connectivity index (χ0) is 19.2. The van der Waals surface area contributed by atoms with E-state index in [0.717, 1.165) is 0 Å². The summed E-state index contributed by atoms with van der Waals surface area (Å²) in [5.74, 6) is 0.198. The van der Waals surface area contributed by atoms with E-state index in [0.29, 0.717) is 27.8 Å². The van der Waals surface area contributed by atoms with Gasteiger partial charge in [-0.2, -0.15) is 0 Å². The summed E-state index contributed by atoms with van der Waals surface area (Å²) in [5.41, 5.74) is 1.23. The summed E-state index contributed by atoms with van der Waals surface area (Å²) in [6, 6.07) is 14.6. The monoisotopic (exact) mass is 386 g/mol. The quantitative estimate of drug-likeness (QED) is 0.670. The Morgan fingerprint density at radius 1 is 1.15 bits per heavy atom. The van der Waals surface area contributed by atoms with E-state index in [4.69, 9.17) is 16.3 Å². The molecular formula is C19H16ClFN4O2. The molecule has 0 radical (unpaired) electrons. The van der Waals surface area contributed by atoms with Crippen molar-refractivity contribution >= 4 is 29.0 Å². The molecule has 1 aromatic heterocycles. The number of hydrogen-bond acceptors (Lipinski definition) is 5. The third-order valence-corrected chi connectivity index (χ3v) is 4.01. The average Bonchev–Trinajstić information content (AvgIpc) is 2.68. The molecule has 2 N–H and O–H groups in total. The first-order valence-electron chi connectivity index (χ1n) is 8.02. The van der Waals surface area contributed by atoms with Gasteiger partial charge in [-0.05, 0) is 36.4 Å². The van der Waals surface area contributed by atoms with Crippen molar-refractivity contribution < 1.29 is 13.9 Å². The van der Waals surface area contributed by atoms with Crippen LogP contribution in [0.4, 0.5) is 15.9 Å². The number of carbonyl (C=O) groups is 1. The Kier molecular flexibility index (Phi) is 5.83. The number of halogens is 2. The maximum atomic E-state index is 13.6. The molecule has 0 saturated heterocycles. The van der Waals surface area contributed by atoms with Crippen molar-refractivity contribution in [3.05, 3.63) is 76.7 Å². The van der Waals surface area contributed by atoms with E-state index in [1.807, 2.05) is 0 Å². The van der Waals surface area contributed by atoms with Gasteiger partial charge in [-0.1, -0.05) is 29.8 Å². The van der Waals surface area contributed by atoms with E-state index in [9.17, 15) is 9.18 Å². The van der Waals surface area contributed by atoms with Gasteiger partial charge in [-0.15, -0.1) is 10.2 Å². The molecule has 0 saturated carbocycles. The van der Waals surface area contributed by atoms with E-state index in [1.54, 1.807) is 42.5 Å². The molecule has 0 atom stereocenters. The summed E-state index contributed by atoms with van der Waals surface area (Å²) in [7, 11) is 1.54. The first-order chi connectivity index (χ1) is 13.1. The summed E-state index contributed by atoms with van der Waals surface area (Å²) >= 11 is 6.08. The molecule has 6 nitrogen and oxygen atoms in total. The van der Waals surface area contributed by atoms with Crippen LogP contribution in [0.25, 0.3) is 0 Å². The van der Waals surface area contributed by atoms with Crippen LogP contribution in [0.15, 0.2) is 54.6 Å². The number of hydrogen-bond donors (Lipinski definition) is 2. The molecule has 2 aromatic carbocycles. The number of ether oxygens (including phenoxy) is 1. The zero-order valence-corrected chi connectivity index (χ0v) is 15.1. The Labute approximate surface area is 160 Å². The van der Waals surface area contributed by atoms with Crippen LogP contribution in [0.2, 0.25) is 5.02 Å². The lowest BCUT2D eigenvalue weighted by atomic mass is 10.2. The molecule has 27 heavy (non-hydrogen) atoms. The lowest BCUT2D eigenvalue weighted by Gasteiger charge is -2.09. The minimum absolute atomic E-state index is 0.0670. The minimum atomic E-state index is -0.440. The first kappa shape index (κ1) is 18.6. The topological polar surface area (TPSA) is 76.1 Å². The SMILES string of the molecule is COc1ccc(Nc2ccc(C(=O)NCc3ccccc3F)nn2)cc1Cl. The van der Waals surface area contributed by atoms with E-state index in [-0.39, 0.29) is 18.1 Å². The van der Waals surface area contributed by atoms with Crippen molar-refractivity contribution in [2.45, 2.75) is 6.54 Å². The van der Waals surface area contributed by atoms with E-state index in [1.165, 1.54) is 19.2 Å². The standard InChI is InChI=1S/C19H16ClFN4O2/c1-27-17-8-6-13(10-14(17)20)23-18-9-7-16(24-25-18)19(26)22-11-12-4-2-3-5-15(12)21/h2-10H,11H2,1H3,(H,22,26)(H,23,25). The summed E-state index contributed by atoms with van der Waals surface area (Å²) in [6.45, 7) is 0.0670. The largest absolute Gasteiger partial charge is 0.495 e. The molecule has 0 aliphatic carbocycles. The summed E-state index contributed by atoms with van der Waals surface area (Å²) in [4.78, 5) is 12.1. The third kappa shape index (κ3) is 4.71. The smallest absolute Gasteiger partial charge is 0.272 e. The Morgan fingerprint density at radius 2 is 1.96 bits per heavy atom. The second kappa shape index (κ2) is 8.46. The molecule has 3 aromatic rings. The van der Waals surface area contributed by atoms with Crippen molar-refractivity contribution in [3.8, 4) is 5.75 Å². The van der Waals surface area contributed by atoms with Gasteiger partial charge in [0.1, 0.15) is 11.6 Å². The van der Waals surface area contributed by atoms with E-state index >= 15 is 0 Å². The minimum Gasteiger partial charge on any atom is -0.495 e. The molecule has 1 heterocycles. The van der Waals surface area contributed by atoms with E-state index in [2.05, 4.69) is 20.8 Å². The van der Waals surface area contributed by atoms with Crippen LogP contribution >= 0.6 is 11.6 Å². The highest BCUT2D eigenvalue weighted by Crippen LogP contribution is 2.28. The van der Waals surface area contributed by atoms with Crippen molar-refractivity contribution in [3.63, 3.8) is 0 Å². The Morgan fingerprint density at radius 3 is 2.63 bits per heavy atom. The van der Waals surface area contributed by atoms with Crippen LogP contribution in [0.1, 0.15) is 16.1 Å². The first-order valence-corrected chi connectivity index (χ1v) is 8.40. The lowest BCUT2D eigenvalue weighted by molar-refractivity contribution is 0.0944. The van der Waals surface area contributed by atoms with Gasteiger partial charge >= 0.3 is 0 Å². The lowest BCUT2D eigenvalue weighted by Crippen LogP contribution is -2.24. The molecule has 0 fully saturated rings. The maximum Gasteiger partial charge on any atom is 0.272 e. The number of benzene rings is 2. The van der Waals surface area contributed by atoms with E-state index < -0.39 is 5.91 Å². The number of amides is 1. The average molecular weight is 387 g/mol. The molecule has 0 unspecified atom stereocenters. The van der Waals surface area contributed by atoms with Crippen LogP contribution in [-0.4, -0.2) is 23.2 Å². The van der Waals surface area contributed by atoms with Crippen molar-refractivity contribution in [2.75, 3.05) is 12.4 Å². The molecule has 0 aliphatic rings. The molecule has 0 spiro atoms. The van der Waals surface area contributed by atoms with Gasteiger partial charge in [0.05, 0.1) is 12.1 Å². The normalized spacial score (nSPS) is 10.3. The second-order valence-electron chi connectivity index (χ2n) is 5.55. The summed E-state index contributed by atoms with van der Waals surface area (Å²) < 4.78 is 18.7. The van der Waals surface area contributed by atoms with Gasteiger partial charge in [0, 0.05) is 17.8 Å². The molecule has 138 valence electrons. The summed E-state index contributed by atoms with van der Waals surface area (Å²) in [5, 5.41) is 14.0. The zero-order valence-electron chi connectivity index (χ0n) is 14.4. The van der Waals surface area contributed by atoms with Gasteiger partial charge in [0.15, 0.2) is 11.5 Å². The summed E-state index contributed by atoms with van der Waals surface area (Å²) in [6.07, 6.45) is 0. The van der Waals surface area contributed by atoms with Crippen molar-refractivity contribution in [2.24, 2.45) is 0 Å². The van der Waals surface area contributed by atoms with Crippen LogP contribution in [-0.2, 0) is 6.54 Å². The Bertz CT molecular complexity index is 951. The number of aromatic nitrogens is 2. The Hall–Kier alpha value is -3.19. The third-order valence-electron chi connectivity index (χ3n) is 3.72. The molecule has 8 heteroatoms. The van der Waals surface area contributed by atoms with Gasteiger partial charge < -0.3 is 15.4 Å². The Balaban J connectivity index is 1.62. The van der Waals surface area contributed by atoms with Crippen LogP contribution in [0.5, 0.6) is 5.75 Å². The fourth-order valence-corrected chi connectivity index (χ4v) is 2.58. The number of rotatable bonds is 6. The number of carbonyl (C=O) groups excluding carboxylic acids is 1. The highest BCUT2D eigenvalue weighted by Gasteiger charge is 2.10. The number of nitrogens with one attached hydrogen (secondary N) is 2. The van der Waals surface area contributed by atoms with Gasteiger partial charge in [-0.25, -0.2) is 4.39 Å². The highest BCUT2D eigenvalue weighted by molar-refractivity contribution is 6.32. The van der Waals surface area contributed by atoms with Crippen LogP contribution in [0.3, 0.4) is 0 Å². The highest BCUT2D eigenvalue weighted by atomic mass is 35.5. The van der Waals surface area contributed by atoms with Crippen LogP contribution < -0.4 is 15.4 Å². The molecule has 3 rings (SSSR count). The fraction of sp³-hybridized carbons (Fsp3) is 0.105. The number of methoxy groups -OCH3 is 1. The second-order valence-corrected chi connectivity index (χ2v) is 5.96. The molecule has 1 amide bonds. The fourth-order valence-electron chi connectivity index (χ4n) is 2.32. The number of nitrogens with zero attached hydrogens (tertiary/aromatic N) is 2. The predicted molar refractivity (Wildman–Crippen MR) is 101 cm³/mol. The van der Waals surface area contributed by atoms with Crippen molar-refractivity contribution in [1.29, 1.82) is 0 Å². The van der Waals surface area contributed by atoms with Crippen molar-refractivity contribution in [1.82, 2.24) is 15.5 Å². The maximum absolute atomic E-state index is 13.6. The van der Waals surface area contributed by atoms with Gasteiger partial charge in [0.2, 0.25) is 0 Å². The van der Waals surface area contributed by atoms with Crippen LogP contribution in [0, 0.1) is 5.82 Å². The van der Waals surface area contributed by atoms with Gasteiger partial charge in [-0.3, -0.25) is 4.79 Å². The van der Waals surface area contributed by atoms with Gasteiger partial charge in [0.25, 0.3) is 5.91 Å². The predicted octanol–water partition coefficient (Wildman–Crippen LogP) is 3.95. The molecule has 0 bridgehead atoms. The number of anilines is 2. The molecular weight excluding hydrogens is 371 g/mol. The molecule has 0 aliphatic heterocycles.